The molecule has 1 heterocycles. The van der Waals surface area contributed by atoms with E-state index >= 15 is 0 Å². The second kappa shape index (κ2) is 16.7. The Kier molecular flexibility index (Phi) is 12.0. The Morgan fingerprint density at radius 1 is 0.667 bits per heavy atom. The zero-order valence-electron chi connectivity index (χ0n) is 27.2. The van der Waals surface area contributed by atoms with Crippen LogP contribution in [0.2, 0.25) is 0 Å². The Morgan fingerprint density at radius 2 is 1.21 bits per heavy atom. The van der Waals surface area contributed by atoms with E-state index in [0.717, 1.165) is 53.3 Å². The lowest BCUT2D eigenvalue weighted by atomic mass is 9.84. The van der Waals surface area contributed by atoms with Crippen LogP contribution in [-0.4, -0.2) is 52.8 Å². The first-order chi connectivity index (χ1) is 23.3. The van der Waals surface area contributed by atoms with Crippen LogP contribution in [-0.2, 0) is 38.4 Å². The lowest BCUT2D eigenvalue weighted by Gasteiger charge is -2.28. The SMILES string of the molecule is NC(=O)[C@H](CC1CCCCC1)NC(=O)[C@@H](Cc1c[nH]c2ccccc12)NC(=O)[C@H](Cc1ccccc1)NC(=O)[C@@H](N)Cc1ccccc1. The fourth-order valence-corrected chi connectivity index (χ4v) is 6.58. The van der Waals surface area contributed by atoms with E-state index in [1.807, 2.05) is 91.1 Å². The fraction of sp³-hybridized carbons (Fsp3) is 0.368. The molecule has 4 aromatic rings. The number of carbonyl (C=O) groups is 4. The smallest absolute Gasteiger partial charge is 0.243 e. The van der Waals surface area contributed by atoms with Crippen molar-refractivity contribution in [1.29, 1.82) is 0 Å². The van der Waals surface area contributed by atoms with Crippen LogP contribution in [0.15, 0.2) is 91.1 Å². The second-order valence-corrected chi connectivity index (χ2v) is 12.9. The molecule has 0 bridgehead atoms. The zero-order chi connectivity index (χ0) is 33.9. The molecule has 10 heteroatoms. The summed E-state index contributed by atoms with van der Waals surface area (Å²) in [4.78, 5) is 57.1. The van der Waals surface area contributed by atoms with Crippen molar-refractivity contribution in [3.05, 3.63) is 108 Å². The average Bonchev–Trinajstić information content (AvgIpc) is 3.51. The summed E-state index contributed by atoms with van der Waals surface area (Å²) in [6, 6.07) is 22.6. The number of aromatic nitrogens is 1. The first-order valence-corrected chi connectivity index (χ1v) is 16.9. The van der Waals surface area contributed by atoms with Gasteiger partial charge in [-0.25, -0.2) is 0 Å². The fourth-order valence-electron chi connectivity index (χ4n) is 6.58. The van der Waals surface area contributed by atoms with Gasteiger partial charge in [0.1, 0.15) is 18.1 Å². The van der Waals surface area contributed by atoms with Crippen LogP contribution < -0.4 is 27.4 Å². The van der Waals surface area contributed by atoms with Gasteiger partial charge in [-0.3, -0.25) is 19.2 Å². The van der Waals surface area contributed by atoms with Gasteiger partial charge in [0.15, 0.2) is 0 Å². The van der Waals surface area contributed by atoms with Crippen LogP contribution in [0.5, 0.6) is 0 Å². The van der Waals surface area contributed by atoms with Crippen molar-refractivity contribution in [3.63, 3.8) is 0 Å². The predicted octanol–water partition coefficient (Wildman–Crippen LogP) is 3.43. The summed E-state index contributed by atoms with van der Waals surface area (Å²) in [5.74, 6) is -1.84. The van der Waals surface area contributed by atoms with Crippen molar-refractivity contribution < 1.29 is 19.2 Å². The van der Waals surface area contributed by atoms with Crippen LogP contribution in [0.25, 0.3) is 10.9 Å². The summed E-state index contributed by atoms with van der Waals surface area (Å²) < 4.78 is 0. The molecule has 0 spiro atoms. The number of hydrogen-bond donors (Lipinski definition) is 6. The van der Waals surface area contributed by atoms with Gasteiger partial charge in [-0.2, -0.15) is 0 Å². The van der Waals surface area contributed by atoms with Crippen LogP contribution >= 0.6 is 0 Å². The molecule has 0 saturated heterocycles. The average molecular weight is 651 g/mol. The summed E-state index contributed by atoms with van der Waals surface area (Å²) in [6.45, 7) is 0. The van der Waals surface area contributed by atoms with E-state index in [2.05, 4.69) is 20.9 Å². The maximum Gasteiger partial charge on any atom is 0.243 e. The number of fused-ring (bicyclic) bond motifs is 1. The van der Waals surface area contributed by atoms with E-state index in [1.165, 1.54) is 6.42 Å². The van der Waals surface area contributed by atoms with Gasteiger partial charge in [-0.15, -0.1) is 0 Å². The van der Waals surface area contributed by atoms with E-state index in [-0.39, 0.29) is 12.8 Å². The van der Waals surface area contributed by atoms with Gasteiger partial charge in [0.2, 0.25) is 23.6 Å². The summed E-state index contributed by atoms with van der Waals surface area (Å²) in [5.41, 5.74) is 15.5. The highest BCUT2D eigenvalue weighted by Crippen LogP contribution is 2.27. The van der Waals surface area contributed by atoms with E-state index in [1.54, 1.807) is 0 Å². The van der Waals surface area contributed by atoms with Crippen LogP contribution in [0.1, 0.15) is 55.2 Å². The van der Waals surface area contributed by atoms with Gasteiger partial charge >= 0.3 is 0 Å². The Labute approximate surface area is 281 Å². The van der Waals surface area contributed by atoms with Crippen molar-refractivity contribution in [1.82, 2.24) is 20.9 Å². The number of benzene rings is 3. The highest BCUT2D eigenvalue weighted by molar-refractivity contribution is 5.95. The largest absolute Gasteiger partial charge is 0.368 e. The van der Waals surface area contributed by atoms with Crippen molar-refractivity contribution in [3.8, 4) is 0 Å². The molecule has 1 aliphatic rings. The number of rotatable bonds is 15. The number of carbonyl (C=O) groups excluding carboxylic acids is 4. The maximum atomic E-state index is 14.1. The molecule has 48 heavy (non-hydrogen) atoms. The highest BCUT2D eigenvalue weighted by Gasteiger charge is 2.32. The molecule has 4 atom stereocenters. The summed E-state index contributed by atoms with van der Waals surface area (Å²) in [7, 11) is 0. The summed E-state index contributed by atoms with van der Waals surface area (Å²) in [6.07, 6.45) is 8.23. The number of aromatic amines is 1. The number of amides is 4. The van der Waals surface area contributed by atoms with Gasteiger partial charge in [-0.1, -0.05) is 111 Å². The molecule has 10 nitrogen and oxygen atoms in total. The van der Waals surface area contributed by atoms with Gasteiger partial charge < -0.3 is 32.4 Å². The minimum atomic E-state index is -1.06. The molecule has 0 unspecified atom stereocenters. The summed E-state index contributed by atoms with van der Waals surface area (Å²) >= 11 is 0. The van der Waals surface area contributed by atoms with Crippen LogP contribution in [0, 0.1) is 5.92 Å². The predicted molar refractivity (Wildman–Crippen MR) is 186 cm³/mol. The molecule has 1 saturated carbocycles. The number of nitrogens with two attached hydrogens (primary N) is 2. The molecule has 1 fully saturated rings. The molecule has 5 rings (SSSR count). The standard InChI is InChI=1S/C38H46N6O4/c39-30(20-25-12-4-1-5-13-25)36(46)43-33(22-27-16-8-3-9-17-27)37(47)44-34(23-28-24-41-31-19-11-10-18-29(28)31)38(48)42-32(35(40)45)21-26-14-6-2-7-15-26/h1,3-5,8-13,16-19,24,26,30,32-34,41H,2,6-7,14-15,20-23,39H2,(H2,40,45)(H,42,48)(H,43,46)(H,44,47)/t30-,32-,33-,34+/m0/s1. The van der Waals surface area contributed by atoms with Crippen LogP contribution in [0.3, 0.4) is 0 Å². The molecule has 3 aromatic carbocycles. The Bertz CT molecular complexity index is 1670. The monoisotopic (exact) mass is 650 g/mol. The Morgan fingerprint density at radius 3 is 1.85 bits per heavy atom. The van der Waals surface area contributed by atoms with Crippen LogP contribution in [0.4, 0.5) is 0 Å². The van der Waals surface area contributed by atoms with Gasteiger partial charge in [0, 0.05) is 29.9 Å². The minimum absolute atomic E-state index is 0.149. The number of hydrogen-bond acceptors (Lipinski definition) is 5. The van der Waals surface area contributed by atoms with E-state index in [9.17, 15) is 19.2 Å². The lowest BCUT2D eigenvalue weighted by molar-refractivity contribution is -0.133. The third-order valence-electron chi connectivity index (χ3n) is 9.24. The minimum Gasteiger partial charge on any atom is -0.368 e. The van der Waals surface area contributed by atoms with Gasteiger partial charge in [-0.05, 0) is 41.5 Å². The summed E-state index contributed by atoms with van der Waals surface area (Å²) in [5, 5.41) is 9.53. The molecule has 0 radical (unpaired) electrons. The van der Waals surface area contributed by atoms with Crippen molar-refractivity contribution in [2.45, 2.75) is 82.0 Å². The molecular weight excluding hydrogens is 604 g/mol. The molecule has 4 amide bonds. The van der Waals surface area contributed by atoms with Gasteiger partial charge in [0.05, 0.1) is 6.04 Å². The number of nitrogens with one attached hydrogen (secondary N) is 4. The van der Waals surface area contributed by atoms with Crippen molar-refractivity contribution >= 4 is 34.5 Å². The number of para-hydroxylation sites is 1. The normalized spacial score (nSPS) is 15.9. The molecular formula is C38H46N6O4. The van der Waals surface area contributed by atoms with E-state index in [4.69, 9.17) is 11.5 Å². The Balaban J connectivity index is 1.37. The first-order valence-electron chi connectivity index (χ1n) is 16.9. The number of primary amides is 1. The maximum absolute atomic E-state index is 14.1. The van der Waals surface area contributed by atoms with Gasteiger partial charge in [0.25, 0.3) is 0 Å². The topological polar surface area (TPSA) is 172 Å². The van der Waals surface area contributed by atoms with Crippen molar-refractivity contribution in [2.24, 2.45) is 17.4 Å². The molecule has 0 aliphatic heterocycles. The Hall–Kier alpha value is -4.96. The molecule has 1 aliphatic carbocycles. The third kappa shape index (κ3) is 9.54. The zero-order valence-corrected chi connectivity index (χ0v) is 27.2. The molecule has 8 N–H and O–H groups in total. The highest BCUT2D eigenvalue weighted by atomic mass is 16.2. The first kappa shape index (κ1) is 34.4. The third-order valence-corrected chi connectivity index (χ3v) is 9.24. The number of H-pyrrole nitrogens is 1. The lowest BCUT2D eigenvalue weighted by Crippen LogP contribution is -2.58. The van der Waals surface area contributed by atoms with Crippen molar-refractivity contribution in [2.75, 3.05) is 0 Å². The second-order valence-electron chi connectivity index (χ2n) is 12.9. The van der Waals surface area contributed by atoms with E-state index in [0.29, 0.717) is 18.8 Å². The van der Waals surface area contributed by atoms with E-state index < -0.39 is 47.8 Å². The molecule has 252 valence electrons. The molecule has 1 aromatic heterocycles. The quantitative estimate of drug-likeness (QED) is 0.116.